The number of urea groups is 1. The summed E-state index contributed by atoms with van der Waals surface area (Å²) in [5, 5.41) is 8.83. The topological polar surface area (TPSA) is 111 Å². The molecule has 1 saturated heterocycles. The second kappa shape index (κ2) is 4.91. The highest BCUT2D eigenvalue weighted by Crippen LogP contribution is 2.16. The second-order valence-corrected chi connectivity index (χ2v) is 5.13. The van der Waals surface area contributed by atoms with E-state index in [0.29, 0.717) is 5.82 Å². The Kier molecular flexibility index (Phi) is 3.43. The quantitative estimate of drug-likeness (QED) is 0.694. The minimum atomic E-state index is -0.971. The number of imide groups is 1. The molecule has 20 heavy (non-hydrogen) atoms. The van der Waals surface area contributed by atoms with Gasteiger partial charge in [0.1, 0.15) is 24.2 Å². The third-order valence-corrected chi connectivity index (χ3v) is 3.02. The monoisotopic (exact) mass is 280 g/mol. The number of aromatic amines is 1. The van der Waals surface area contributed by atoms with Crippen molar-refractivity contribution in [1.82, 2.24) is 30.3 Å². The normalized spacial score (nSPS) is 17.2. The number of carbonyl (C=O) groups excluding carboxylic acids is 3. The summed E-state index contributed by atoms with van der Waals surface area (Å²) in [5.74, 6) is -0.245. The molecule has 0 radical (unpaired) electrons. The van der Waals surface area contributed by atoms with Crippen LogP contribution in [-0.2, 0) is 16.1 Å². The second-order valence-electron chi connectivity index (χ2n) is 5.13. The van der Waals surface area contributed by atoms with Crippen molar-refractivity contribution in [3.05, 3.63) is 12.2 Å². The van der Waals surface area contributed by atoms with E-state index in [4.69, 9.17) is 0 Å². The van der Waals surface area contributed by atoms with Gasteiger partial charge >= 0.3 is 6.03 Å². The van der Waals surface area contributed by atoms with Gasteiger partial charge in [-0.25, -0.2) is 9.78 Å². The van der Waals surface area contributed by atoms with Crippen molar-refractivity contribution in [3.8, 4) is 0 Å². The number of rotatable bonds is 4. The van der Waals surface area contributed by atoms with Crippen LogP contribution in [0.1, 0.15) is 19.7 Å². The van der Waals surface area contributed by atoms with E-state index in [1.807, 2.05) is 0 Å². The molecular weight excluding hydrogens is 264 g/mol. The van der Waals surface area contributed by atoms with Gasteiger partial charge in [-0.3, -0.25) is 19.6 Å². The molecule has 0 aliphatic carbocycles. The van der Waals surface area contributed by atoms with Gasteiger partial charge in [0.2, 0.25) is 5.91 Å². The van der Waals surface area contributed by atoms with Crippen molar-refractivity contribution in [2.75, 3.05) is 13.6 Å². The van der Waals surface area contributed by atoms with E-state index in [1.54, 1.807) is 20.9 Å². The fraction of sp³-hybridized carbons (Fsp3) is 0.545. The van der Waals surface area contributed by atoms with Gasteiger partial charge < -0.3 is 10.2 Å². The van der Waals surface area contributed by atoms with Gasteiger partial charge in [-0.1, -0.05) is 0 Å². The molecule has 9 heteroatoms. The summed E-state index contributed by atoms with van der Waals surface area (Å²) >= 11 is 0. The third kappa shape index (κ3) is 2.60. The van der Waals surface area contributed by atoms with E-state index in [2.05, 4.69) is 20.5 Å². The van der Waals surface area contributed by atoms with Gasteiger partial charge in [0, 0.05) is 7.05 Å². The third-order valence-electron chi connectivity index (χ3n) is 3.02. The largest absolute Gasteiger partial charge is 0.337 e. The van der Waals surface area contributed by atoms with Crippen LogP contribution in [0.2, 0.25) is 0 Å². The van der Waals surface area contributed by atoms with Crippen molar-refractivity contribution < 1.29 is 14.4 Å². The summed E-state index contributed by atoms with van der Waals surface area (Å²) in [4.78, 5) is 41.8. The Morgan fingerprint density at radius 3 is 2.65 bits per heavy atom. The number of amides is 4. The maximum atomic E-state index is 12.0. The van der Waals surface area contributed by atoms with Crippen LogP contribution in [0.3, 0.4) is 0 Å². The summed E-state index contributed by atoms with van der Waals surface area (Å²) in [6.07, 6.45) is 1.34. The number of nitrogens with zero attached hydrogens (tertiary/aromatic N) is 4. The van der Waals surface area contributed by atoms with Crippen molar-refractivity contribution in [1.29, 1.82) is 0 Å². The number of likely N-dealkylation sites (N-methyl/N-ethyl adjacent to an activating group) is 1. The maximum absolute atomic E-state index is 12.0. The molecule has 108 valence electrons. The zero-order valence-electron chi connectivity index (χ0n) is 11.5. The molecule has 4 amide bonds. The van der Waals surface area contributed by atoms with Crippen LogP contribution in [0, 0.1) is 0 Å². The predicted octanol–water partition coefficient (Wildman–Crippen LogP) is -0.906. The van der Waals surface area contributed by atoms with Crippen molar-refractivity contribution in [2.45, 2.75) is 25.9 Å². The zero-order valence-corrected chi connectivity index (χ0v) is 11.5. The number of carbonyl (C=O) groups is 3. The van der Waals surface area contributed by atoms with Gasteiger partial charge in [0.15, 0.2) is 0 Å². The van der Waals surface area contributed by atoms with E-state index >= 15 is 0 Å². The molecule has 1 aromatic heterocycles. The van der Waals surface area contributed by atoms with Gasteiger partial charge in [-0.05, 0) is 13.8 Å². The van der Waals surface area contributed by atoms with E-state index in [-0.39, 0.29) is 19.0 Å². The molecule has 0 spiro atoms. The van der Waals surface area contributed by atoms with E-state index < -0.39 is 17.5 Å². The molecule has 9 nitrogen and oxygen atoms in total. The Balaban J connectivity index is 1.98. The standard InChI is InChI=1S/C11H16N6O3/c1-11(2)9(19)17(10(20)14-11)5-8(18)16(3)4-7-12-6-13-15-7/h6H,4-5H2,1-3H3,(H,14,20)(H,12,13,15). The first-order valence-electron chi connectivity index (χ1n) is 6.03. The van der Waals surface area contributed by atoms with Gasteiger partial charge in [0.05, 0.1) is 6.54 Å². The fourth-order valence-electron chi connectivity index (χ4n) is 1.84. The first kappa shape index (κ1) is 14.0. The molecule has 1 aliphatic heterocycles. The molecule has 0 unspecified atom stereocenters. The van der Waals surface area contributed by atoms with E-state index in [0.717, 1.165) is 4.90 Å². The number of nitrogens with one attached hydrogen (secondary N) is 2. The lowest BCUT2D eigenvalue weighted by molar-refractivity contribution is -0.138. The average molecular weight is 280 g/mol. The Labute approximate surface area is 115 Å². The molecule has 2 rings (SSSR count). The van der Waals surface area contributed by atoms with Crippen LogP contribution in [-0.4, -0.2) is 62.0 Å². The highest BCUT2D eigenvalue weighted by molar-refractivity contribution is 6.08. The first-order chi connectivity index (χ1) is 9.31. The molecule has 0 bridgehead atoms. The van der Waals surface area contributed by atoms with Gasteiger partial charge in [-0.2, -0.15) is 5.10 Å². The first-order valence-corrected chi connectivity index (χ1v) is 6.03. The zero-order chi connectivity index (χ0) is 14.9. The Hall–Kier alpha value is -2.45. The van der Waals surface area contributed by atoms with Crippen molar-refractivity contribution in [3.63, 3.8) is 0 Å². The lowest BCUT2D eigenvalue weighted by atomic mass is 10.1. The Bertz CT molecular complexity index is 538. The van der Waals surface area contributed by atoms with Crippen LogP contribution in [0.15, 0.2) is 6.33 Å². The Morgan fingerprint density at radius 2 is 2.15 bits per heavy atom. The maximum Gasteiger partial charge on any atom is 0.325 e. The molecule has 0 atom stereocenters. The molecule has 0 saturated carbocycles. The van der Waals surface area contributed by atoms with Gasteiger partial charge in [-0.15, -0.1) is 0 Å². The molecule has 1 aromatic rings. The summed E-state index contributed by atoms with van der Waals surface area (Å²) in [5.41, 5.74) is -0.971. The van der Waals surface area contributed by atoms with Gasteiger partial charge in [0.25, 0.3) is 5.91 Å². The summed E-state index contributed by atoms with van der Waals surface area (Å²) in [7, 11) is 1.56. The number of H-pyrrole nitrogens is 1. The van der Waals surface area contributed by atoms with Crippen LogP contribution in [0.4, 0.5) is 4.79 Å². The van der Waals surface area contributed by atoms with Crippen molar-refractivity contribution in [2.24, 2.45) is 0 Å². The molecule has 0 aromatic carbocycles. The summed E-state index contributed by atoms with van der Waals surface area (Å²) in [6.45, 7) is 3.12. The Morgan fingerprint density at radius 1 is 1.45 bits per heavy atom. The number of hydrogen-bond acceptors (Lipinski definition) is 5. The van der Waals surface area contributed by atoms with Crippen LogP contribution in [0.25, 0.3) is 0 Å². The van der Waals surface area contributed by atoms with Crippen LogP contribution >= 0.6 is 0 Å². The SMILES string of the molecule is CN(Cc1ncn[nH]1)C(=O)CN1C(=O)NC(C)(C)C1=O. The fourth-order valence-corrected chi connectivity index (χ4v) is 1.84. The van der Waals surface area contributed by atoms with E-state index in [9.17, 15) is 14.4 Å². The molecule has 2 heterocycles. The number of hydrogen-bond donors (Lipinski definition) is 2. The lowest BCUT2D eigenvalue weighted by Gasteiger charge is -2.20. The summed E-state index contributed by atoms with van der Waals surface area (Å²) in [6, 6.07) is -0.554. The van der Waals surface area contributed by atoms with Crippen LogP contribution < -0.4 is 5.32 Å². The minimum Gasteiger partial charge on any atom is -0.337 e. The highest BCUT2D eigenvalue weighted by atomic mass is 16.2. The van der Waals surface area contributed by atoms with E-state index in [1.165, 1.54) is 11.2 Å². The van der Waals surface area contributed by atoms with Crippen LogP contribution in [0.5, 0.6) is 0 Å². The molecule has 1 aliphatic rings. The lowest BCUT2D eigenvalue weighted by Crippen LogP contribution is -2.43. The predicted molar refractivity (Wildman–Crippen MR) is 67.2 cm³/mol. The van der Waals surface area contributed by atoms with Crippen molar-refractivity contribution >= 4 is 17.8 Å². The summed E-state index contributed by atoms with van der Waals surface area (Å²) < 4.78 is 0. The molecule has 1 fully saturated rings. The average Bonchev–Trinajstić information content (AvgIpc) is 2.92. The number of aromatic nitrogens is 3. The minimum absolute atomic E-state index is 0.228. The molecule has 2 N–H and O–H groups in total. The molecular formula is C11H16N6O3. The smallest absolute Gasteiger partial charge is 0.325 e. The highest BCUT2D eigenvalue weighted by Gasteiger charge is 2.45.